The Morgan fingerprint density at radius 3 is 2.74 bits per heavy atom. The van der Waals surface area contributed by atoms with Crippen molar-refractivity contribution in [1.82, 2.24) is 4.98 Å². The van der Waals surface area contributed by atoms with Gasteiger partial charge in [-0.1, -0.05) is 18.2 Å². The van der Waals surface area contributed by atoms with Crippen molar-refractivity contribution in [1.29, 1.82) is 0 Å². The van der Waals surface area contributed by atoms with Crippen LogP contribution in [0, 0.1) is 0 Å². The number of para-hydroxylation sites is 1. The lowest BCUT2D eigenvalue weighted by atomic mass is 9.94. The number of fused-ring (bicyclic) bond motifs is 1. The lowest BCUT2D eigenvalue weighted by Gasteiger charge is -2.13. The van der Waals surface area contributed by atoms with Crippen molar-refractivity contribution < 1.29 is 14.3 Å². The third-order valence-electron chi connectivity index (χ3n) is 3.06. The number of carbonyl (C=O) groups is 2. The summed E-state index contributed by atoms with van der Waals surface area (Å²) in [7, 11) is 0. The Hall–Kier alpha value is -2.10. The highest BCUT2D eigenvalue weighted by molar-refractivity contribution is 5.93. The van der Waals surface area contributed by atoms with Crippen LogP contribution in [0.25, 0.3) is 10.9 Å². The summed E-state index contributed by atoms with van der Waals surface area (Å²) in [5.74, 6) is -0.903. The highest BCUT2D eigenvalue weighted by Gasteiger charge is 2.26. The molecule has 1 heterocycles. The van der Waals surface area contributed by atoms with Crippen LogP contribution in [0.15, 0.2) is 30.5 Å². The summed E-state index contributed by atoms with van der Waals surface area (Å²) in [6.45, 7) is 3.56. The molecule has 4 nitrogen and oxygen atoms in total. The van der Waals surface area contributed by atoms with E-state index in [1.165, 1.54) is 6.92 Å². The van der Waals surface area contributed by atoms with E-state index < -0.39 is 5.92 Å². The second-order valence-electron chi connectivity index (χ2n) is 4.50. The van der Waals surface area contributed by atoms with Gasteiger partial charge < -0.3 is 9.72 Å². The first-order valence-corrected chi connectivity index (χ1v) is 6.35. The highest BCUT2D eigenvalue weighted by Crippen LogP contribution is 2.29. The molecule has 0 spiro atoms. The van der Waals surface area contributed by atoms with E-state index >= 15 is 0 Å². The zero-order valence-corrected chi connectivity index (χ0v) is 11.1. The zero-order chi connectivity index (χ0) is 13.8. The molecule has 1 aromatic carbocycles. The van der Waals surface area contributed by atoms with Gasteiger partial charge in [-0.3, -0.25) is 9.59 Å². The number of ether oxygens (including phenoxy) is 1. The topological polar surface area (TPSA) is 59.2 Å². The van der Waals surface area contributed by atoms with Gasteiger partial charge in [0.2, 0.25) is 0 Å². The Morgan fingerprint density at radius 2 is 2.05 bits per heavy atom. The van der Waals surface area contributed by atoms with Gasteiger partial charge in [-0.15, -0.1) is 0 Å². The number of carbonyl (C=O) groups excluding carboxylic acids is 2. The largest absolute Gasteiger partial charge is 0.466 e. The average molecular weight is 259 g/mol. The van der Waals surface area contributed by atoms with Crippen molar-refractivity contribution in [3.05, 3.63) is 36.0 Å². The number of hydrogen-bond acceptors (Lipinski definition) is 3. The van der Waals surface area contributed by atoms with E-state index in [0.717, 1.165) is 16.5 Å². The van der Waals surface area contributed by atoms with Gasteiger partial charge in [-0.25, -0.2) is 0 Å². The van der Waals surface area contributed by atoms with Crippen molar-refractivity contribution in [2.45, 2.75) is 26.2 Å². The minimum Gasteiger partial charge on any atom is -0.466 e. The quantitative estimate of drug-likeness (QED) is 0.840. The van der Waals surface area contributed by atoms with Gasteiger partial charge in [-0.2, -0.15) is 0 Å². The molecule has 100 valence electrons. The fourth-order valence-electron chi connectivity index (χ4n) is 2.23. The fraction of sp³-hybridized carbons (Fsp3) is 0.333. The third-order valence-corrected chi connectivity index (χ3v) is 3.06. The molecule has 0 aliphatic heterocycles. The van der Waals surface area contributed by atoms with Crippen LogP contribution in [-0.4, -0.2) is 23.3 Å². The van der Waals surface area contributed by atoms with Crippen molar-refractivity contribution in [3.63, 3.8) is 0 Å². The van der Waals surface area contributed by atoms with Crippen molar-refractivity contribution >= 4 is 22.7 Å². The molecule has 0 saturated heterocycles. The monoisotopic (exact) mass is 259 g/mol. The van der Waals surface area contributed by atoms with Crippen molar-refractivity contribution in [2.75, 3.05) is 6.61 Å². The van der Waals surface area contributed by atoms with E-state index in [1.54, 1.807) is 13.1 Å². The molecule has 0 radical (unpaired) electrons. The Kier molecular flexibility index (Phi) is 4.00. The first-order valence-electron chi connectivity index (χ1n) is 6.35. The SMILES string of the molecule is CCOC(=O)[C@@H](CC(C)=O)c1c[nH]c2ccccc12. The number of esters is 1. The summed E-state index contributed by atoms with van der Waals surface area (Å²) in [6.07, 6.45) is 1.95. The highest BCUT2D eigenvalue weighted by atomic mass is 16.5. The number of benzene rings is 1. The molecule has 19 heavy (non-hydrogen) atoms. The molecular weight excluding hydrogens is 242 g/mol. The van der Waals surface area contributed by atoms with Gasteiger partial charge in [0.25, 0.3) is 0 Å². The second-order valence-corrected chi connectivity index (χ2v) is 4.50. The number of H-pyrrole nitrogens is 1. The number of hydrogen-bond donors (Lipinski definition) is 1. The minimum atomic E-state index is -0.534. The summed E-state index contributed by atoms with van der Waals surface area (Å²) in [4.78, 5) is 26.5. The van der Waals surface area contributed by atoms with Crippen LogP contribution in [0.2, 0.25) is 0 Å². The maximum Gasteiger partial charge on any atom is 0.313 e. The maximum atomic E-state index is 12.0. The first-order chi connectivity index (χ1) is 9.13. The van der Waals surface area contributed by atoms with Gasteiger partial charge in [0.15, 0.2) is 0 Å². The predicted octanol–water partition coefficient (Wildman–Crippen LogP) is 2.79. The molecule has 1 aromatic heterocycles. The van der Waals surface area contributed by atoms with Crippen LogP contribution >= 0.6 is 0 Å². The molecule has 0 fully saturated rings. The van der Waals surface area contributed by atoms with Crippen LogP contribution in [0.1, 0.15) is 31.7 Å². The number of aromatic amines is 1. The number of rotatable bonds is 5. The first kappa shape index (κ1) is 13.3. The van der Waals surface area contributed by atoms with Crippen LogP contribution in [0.5, 0.6) is 0 Å². The summed E-state index contributed by atoms with van der Waals surface area (Å²) in [5, 5.41) is 0.960. The van der Waals surface area contributed by atoms with Crippen LogP contribution in [0.3, 0.4) is 0 Å². The molecular formula is C15H17NO3. The Labute approximate surface area is 111 Å². The number of Topliss-reactive ketones (excluding diaryl/α,β-unsaturated/α-hetero) is 1. The number of aromatic nitrogens is 1. The normalized spacial score (nSPS) is 12.3. The second kappa shape index (κ2) is 5.69. The number of ketones is 1. The summed E-state index contributed by atoms with van der Waals surface area (Å²) < 4.78 is 5.07. The zero-order valence-electron chi connectivity index (χ0n) is 11.1. The molecule has 4 heteroatoms. The lowest BCUT2D eigenvalue weighted by Crippen LogP contribution is -2.18. The predicted molar refractivity (Wildman–Crippen MR) is 73.0 cm³/mol. The van der Waals surface area contributed by atoms with Crippen LogP contribution in [-0.2, 0) is 14.3 Å². The van der Waals surface area contributed by atoms with E-state index in [2.05, 4.69) is 4.98 Å². The molecule has 0 amide bonds. The Morgan fingerprint density at radius 1 is 1.32 bits per heavy atom. The van der Waals surface area contributed by atoms with Gasteiger partial charge in [0, 0.05) is 23.5 Å². The van der Waals surface area contributed by atoms with E-state index in [0.29, 0.717) is 6.61 Å². The van der Waals surface area contributed by atoms with Gasteiger partial charge in [-0.05, 0) is 25.5 Å². The molecule has 0 aliphatic carbocycles. The molecule has 0 aliphatic rings. The standard InChI is InChI=1S/C15H17NO3/c1-3-19-15(18)12(8-10(2)17)13-9-16-14-7-5-4-6-11(13)14/h4-7,9,12,16H,3,8H2,1-2H3/t12-/m0/s1. The molecule has 1 atom stereocenters. The molecule has 0 bridgehead atoms. The molecule has 2 rings (SSSR count). The average Bonchev–Trinajstić information content (AvgIpc) is 2.79. The summed E-state index contributed by atoms with van der Waals surface area (Å²) >= 11 is 0. The summed E-state index contributed by atoms with van der Waals surface area (Å²) in [6, 6.07) is 7.71. The van der Waals surface area contributed by atoms with Gasteiger partial charge >= 0.3 is 5.97 Å². The minimum absolute atomic E-state index is 0.0247. The smallest absolute Gasteiger partial charge is 0.313 e. The summed E-state index contributed by atoms with van der Waals surface area (Å²) in [5.41, 5.74) is 1.78. The number of nitrogens with one attached hydrogen (secondary N) is 1. The van der Waals surface area contributed by atoms with E-state index in [9.17, 15) is 9.59 Å². The van der Waals surface area contributed by atoms with E-state index in [1.807, 2.05) is 24.3 Å². The van der Waals surface area contributed by atoms with E-state index in [-0.39, 0.29) is 18.2 Å². The Bertz CT molecular complexity index is 600. The van der Waals surface area contributed by atoms with Gasteiger partial charge in [0.1, 0.15) is 5.78 Å². The molecule has 0 unspecified atom stereocenters. The maximum absolute atomic E-state index is 12.0. The third kappa shape index (κ3) is 2.84. The fourth-order valence-corrected chi connectivity index (χ4v) is 2.23. The molecule has 2 aromatic rings. The Balaban J connectivity index is 2.42. The van der Waals surface area contributed by atoms with Crippen molar-refractivity contribution in [3.8, 4) is 0 Å². The van der Waals surface area contributed by atoms with Crippen LogP contribution < -0.4 is 0 Å². The lowest BCUT2D eigenvalue weighted by molar-refractivity contribution is -0.146. The van der Waals surface area contributed by atoms with Crippen molar-refractivity contribution in [2.24, 2.45) is 0 Å². The van der Waals surface area contributed by atoms with Crippen LogP contribution in [0.4, 0.5) is 0 Å². The van der Waals surface area contributed by atoms with E-state index in [4.69, 9.17) is 4.74 Å². The van der Waals surface area contributed by atoms with Gasteiger partial charge in [0.05, 0.1) is 12.5 Å². The molecule has 1 N–H and O–H groups in total. The molecule has 0 saturated carbocycles.